The number of hydrazone groups is 1. The Kier molecular flexibility index (Phi) is 48.3. The van der Waals surface area contributed by atoms with Gasteiger partial charge in [0.25, 0.3) is 0 Å². The van der Waals surface area contributed by atoms with Gasteiger partial charge in [-0.05, 0) is 90.5 Å². The molecule has 6 aromatic rings. The van der Waals surface area contributed by atoms with E-state index in [4.69, 9.17) is 52.1 Å². The van der Waals surface area contributed by atoms with Gasteiger partial charge in [-0.3, -0.25) is 5.43 Å². The van der Waals surface area contributed by atoms with Crippen LogP contribution >= 0.6 is 11.3 Å². The van der Waals surface area contributed by atoms with Crippen molar-refractivity contribution in [2.24, 2.45) is 5.10 Å². The zero-order valence-corrected chi connectivity index (χ0v) is 40.2. The normalized spacial score (nSPS) is 9.01. The molecule has 0 saturated carbocycles. The number of hydrogen-bond acceptors (Lipinski definition) is 22. The van der Waals surface area contributed by atoms with Crippen LogP contribution in [0.1, 0.15) is 131 Å². The van der Waals surface area contributed by atoms with Gasteiger partial charge < -0.3 is 52.1 Å². The minimum atomic E-state index is -0.834. The average Bonchev–Trinajstić information content (AvgIpc) is 3.32. The first-order valence-electron chi connectivity index (χ1n) is 21.8. The average molecular weight is 1230 g/mol. The molecule has 0 atom stereocenters. The number of ether oxygens (including phenoxy) is 11. The second kappa shape index (κ2) is 46.3. The van der Waals surface area contributed by atoms with Crippen molar-refractivity contribution in [3.8, 4) is 34.5 Å². The molecule has 87 heavy (non-hydrogen) atoms. The van der Waals surface area contributed by atoms with Gasteiger partial charge >= 0.3 is 41.8 Å². The fourth-order valence-corrected chi connectivity index (χ4v) is 6.74. The zero-order valence-electron chi connectivity index (χ0n) is 39.4. The number of thiazole rings is 1. The van der Waals surface area contributed by atoms with Crippen molar-refractivity contribution in [3.63, 3.8) is 0 Å². The Labute approximate surface area is 519 Å². The molecule has 5 aromatic carbocycles. The summed E-state index contributed by atoms with van der Waals surface area (Å²) in [7, 11) is 0. The number of nitrogens with zero attached hydrogens (tertiary/aromatic N) is 2. The SMILES string of the molecule is C.C.C.C.C.C.C.C.C.C.C.C.C=CC(=O)OCOc1ccc(C(=O)Oc2ccc(C(=O)OCCc3ccc(OC(=O)c4ccc(OCOC(=O)C=C)c(OCOC(=O)C=C)c4)c(/C=N/Nc4nc5ccccc5s4)c3)cc2)cc1OCOC(=O)C=C. The molecule has 1 N–H and O–H groups in total. The van der Waals surface area contributed by atoms with Gasteiger partial charge in [0.1, 0.15) is 11.5 Å². The summed E-state index contributed by atoms with van der Waals surface area (Å²) in [5, 5.41) is 4.85. The fraction of sp³-hybridized carbons (Fsp3) is 0.277. The number of hydrogen-bond donors (Lipinski definition) is 1. The molecule has 0 spiro atoms. The number of fused-ring (bicyclic) bond motifs is 1. The van der Waals surface area contributed by atoms with E-state index in [1.165, 1.54) is 84.3 Å². The summed E-state index contributed by atoms with van der Waals surface area (Å²) in [6.07, 6.45) is 5.40. The molecule has 0 aliphatic heterocycles. The summed E-state index contributed by atoms with van der Waals surface area (Å²) in [6.45, 7) is 11.0. The Morgan fingerprint density at radius 2 is 0.885 bits per heavy atom. The molecule has 0 unspecified atom stereocenters. The highest BCUT2D eigenvalue weighted by Crippen LogP contribution is 2.32. The van der Waals surface area contributed by atoms with E-state index >= 15 is 0 Å². The second-order valence-electron chi connectivity index (χ2n) is 14.5. The van der Waals surface area contributed by atoms with Crippen LogP contribution in [0.4, 0.5) is 5.13 Å². The Morgan fingerprint density at radius 1 is 0.460 bits per heavy atom. The van der Waals surface area contributed by atoms with Gasteiger partial charge in [-0.2, -0.15) is 5.10 Å². The molecule has 0 aliphatic carbocycles. The maximum Gasteiger partial charge on any atom is 0.343 e. The van der Waals surface area contributed by atoms with Crippen LogP contribution < -0.4 is 33.8 Å². The summed E-state index contributed by atoms with van der Waals surface area (Å²) >= 11 is 1.38. The van der Waals surface area contributed by atoms with Crippen molar-refractivity contribution in [1.82, 2.24) is 4.98 Å². The lowest BCUT2D eigenvalue weighted by Crippen LogP contribution is -2.13. The van der Waals surface area contributed by atoms with E-state index in [2.05, 4.69) is 41.8 Å². The number of esters is 7. The van der Waals surface area contributed by atoms with Gasteiger partial charge in [0.05, 0.1) is 39.7 Å². The number of aromatic nitrogens is 1. The zero-order chi connectivity index (χ0) is 53.5. The Hall–Kier alpha value is -10.1. The van der Waals surface area contributed by atoms with E-state index in [1.54, 1.807) is 12.1 Å². The number of anilines is 1. The van der Waals surface area contributed by atoms with E-state index in [-0.39, 0.29) is 153 Å². The Balaban J connectivity index is -0.00000107. The number of para-hydroxylation sites is 1. The first kappa shape index (κ1) is 90.7. The maximum absolute atomic E-state index is 13.6. The number of rotatable bonds is 27. The molecule has 1 heterocycles. The third kappa shape index (κ3) is 27.9. The minimum Gasteiger partial charge on any atom is -0.462 e. The van der Waals surface area contributed by atoms with Crippen molar-refractivity contribution < 1.29 is 85.7 Å². The molecular weight excluding hydrogens is 1140 g/mol. The van der Waals surface area contributed by atoms with Crippen molar-refractivity contribution >= 4 is 74.7 Å². The topological polar surface area (TPSA) is 258 Å². The monoisotopic (exact) mass is 1230 g/mol. The van der Waals surface area contributed by atoms with Gasteiger partial charge in [-0.1, -0.05) is 145 Å². The predicted molar refractivity (Wildman–Crippen MR) is 348 cm³/mol. The third-order valence-corrected chi connectivity index (χ3v) is 10.5. The van der Waals surface area contributed by atoms with Crippen LogP contribution in [0.15, 0.2) is 159 Å². The molecule has 22 heteroatoms. The maximum atomic E-state index is 13.6. The van der Waals surface area contributed by atoms with Crippen molar-refractivity contribution in [2.45, 2.75) is 95.5 Å². The Bertz CT molecular complexity index is 3120. The van der Waals surface area contributed by atoms with Crippen molar-refractivity contribution in [2.75, 3.05) is 39.2 Å². The molecule has 0 amide bonds. The molecule has 1 aromatic heterocycles. The summed E-state index contributed by atoms with van der Waals surface area (Å²) < 4.78 is 59.2. The first-order valence-corrected chi connectivity index (χ1v) is 22.6. The van der Waals surface area contributed by atoms with Crippen LogP contribution in [0.3, 0.4) is 0 Å². The summed E-state index contributed by atoms with van der Waals surface area (Å²) in [6, 6.07) is 26.0. The molecule has 480 valence electrons. The van der Waals surface area contributed by atoms with Crippen LogP contribution in [0.25, 0.3) is 10.2 Å². The van der Waals surface area contributed by atoms with E-state index < -0.39 is 69.0 Å². The van der Waals surface area contributed by atoms with Crippen LogP contribution in [0, 0.1) is 0 Å². The van der Waals surface area contributed by atoms with Gasteiger partial charge in [-0.15, -0.1) is 0 Å². The summed E-state index contributed by atoms with van der Waals surface area (Å²) in [5.41, 5.74) is 4.82. The van der Waals surface area contributed by atoms with Crippen molar-refractivity contribution in [3.05, 3.63) is 182 Å². The highest BCUT2D eigenvalue weighted by molar-refractivity contribution is 7.22. The number of carbonyl (C=O) groups is 7. The van der Waals surface area contributed by atoms with Gasteiger partial charge in [0.15, 0.2) is 23.0 Å². The predicted octanol–water partition coefficient (Wildman–Crippen LogP) is 15.5. The van der Waals surface area contributed by atoms with Crippen molar-refractivity contribution in [1.29, 1.82) is 0 Å². The molecule has 0 aliphatic rings. The lowest BCUT2D eigenvalue weighted by Gasteiger charge is -2.14. The highest BCUT2D eigenvalue weighted by Gasteiger charge is 2.19. The quantitative estimate of drug-likeness (QED) is 0.00956. The fourth-order valence-electron chi connectivity index (χ4n) is 5.93. The van der Waals surface area contributed by atoms with E-state index in [9.17, 15) is 33.6 Å². The Morgan fingerprint density at radius 3 is 1.34 bits per heavy atom. The summed E-state index contributed by atoms with van der Waals surface area (Å²) in [4.78, 5) is 90.5. The smallest absolute Gasteiger partial charge is 0.343 e. The number of benzene rings is 5. The largest absolute Gasteiger partial charge is 0.462 e. The standard InChI is InChI=1S/C53H43N3O18S.12CH4/c1-5-46(57)69-29-65-41-21-16-35(26-43(41)67-31-71-48(59)7-3)51(62)73-38-18-14-34(15-19-38)50(61)64-24-23-33-13-20-40(37(25-33)28-54-56-53-55-39-11-9-10-12-45(39)75-53)74-52(63)36-17-22-42(66-30-70-47(58)6-2)44(27-36)68-32-72-49(60)8-4;;;;;;;;;;;;/h5-22,25-28H,1-4,23-24,29-32H2,(H,55,56);12*1H4/b54-28+;;;;;;;;;;;;. The van der Waals surface area contributed by atoms with Crippen LogP contribution in [0.2, 0.25) is 0 Å². The molecule has 6 rings (SSSR count). The molecule has 0 saturated heterocycles. The number of carbonyl (C=O) groups excluding carboxylic acids is 7. The molecule has 0 fully saturated rings. The second-order valence-corrected chi connectivity index (χ2v) is 15.5. The molecular formula is C65H91N3O18S. The first-order chi connectivity index (χ1) is 36.3. The van der Waals surface area contributed by atoms with E-state index in [0.29, 0.717) is 16.3 Å². The van der Waals surface area contributed by atoms with Gasteiger partial charge in [-0.25, -0.2) is 38.5 Å². The van der Waals surface area contributed by atoms with Gasteiger partial charge in [0, 0.05) is 36.3 Å². The molecule has 0 bridgehead atoms. The lowest BCUT2D eigenvalue weighted by molar-refractivity contribution is -0.146. The van der Waals surface area contributed by atoms with Crippen LogP contribution in [-0.2, 0) is 49.3 Å². The highest BCUT2D eigenvalue weighted by atomic mass is 32.1. The van der Waals surface area contributed by atoms with Gasteiger partial charge in [0.2, 0.25) is 32.3 Å². The van der Waals surface area contributed by atoms with E-state index in [1.807, 2.05) is 24.3 Å². The molecule has 0 radical (unpaired) electrons. The van der Waals surface area contributed by atoms with Crippen LogP contribution in [-0.4, -0.2) is 86.8 Å². The minimum absolute atomic E-state index is 0. The molecule has 21 nitrogen and oxygen atoms in total. The van der Waals surface area contributed by atoms with E-state index in [0.717, 1.165) is 34.5 Å². The third-order valence-electron chi connectivity index (χ3n) is 9.55. The summed E-state index contributed by atoms with van der Waals surface area (Å²) in [5.74, 6) is -5.23. The van der Waals surface area contributed by atoms with Crippen LogP contribution in [0.5, 0.6) is 34.5 Å². The lowest BCUT2D eigenvalue weighted by atomic mass is 10.1. The number of nitrogens with one attached hydrogen (secondary N) is 1.